The van der Waals surface area contributed by atoms with Gasteiger partial charge in [0.2, 0.25) is 0 Å². The molecule has 0 saturated heterocycles. The molecule has 192 valence electrons. The highest BCUT2D eigenvalue weighted by atomic mass is 19.1. The number of aliphatic carboxylic acids is 1. The highest BCUT2D eigenvalue weighted by molar-refractivity contribution is 5.74. The number of aryl methyl sites for hydroxylation is 3. The van der Waals surface area contributed by atoms with Gasteiger partial charge in [0.1, 0.15) is 17.4 Å². The third-order valence-electron chi connectivity index (χ3n) is 6.15. The van der Waals surface area contributed by atoms with Crippen LogP contribution in [0.25, 0.3) is 16.8 Å². The number of aromatic nitrogens is 3. The van der Waals surface area contributed by atoms with Crippen molar-refractivity contribution in [1.29, 1.82) is 0 Å². The number of hydrogen-bond acceptors (Lipinski definition) is 4. The number of carboxylic acids is 1. The number of rotatable bonds is 11. The Bertz CT molecular complexity index is 1440. The third-order valence-corrected chi connectivity index (χ3v) is 6.15. The Morgan fingerprint density at radius 3 is 2.41 bits per heavy atom. The Morgan fingerprint density at radius 1 is 1.00 bits per heavy atom. The van der Waals surface area contributed by atoms with Gasteiger partial charge in [0.05, 0.1) is 18.7 Å². The molecule has 0 fully saturated rings. The summed E-state index contributed by atoms with van der Waals surface area (Å²) >= 11 is 0. The molecule has 0 saturated carbocycles. The van der Waals surface area contributed by atoms with Crippen molar-refractivity contribution in [3.8, 4) is 22.6 Å². The Hall–Kier alpha value is -4.20. The maximum absolute atomic E-state index is 14.4. The molecular weight excluding hydrogens is 473 g/mol. The van der Waals surface area contributed by atoms with Crippen LogP contribution in [0, 0.1) is 5.82 Å². The molecule has 0 radical (unpaired) electrons. The van der Waals surface area contributed by atoms with Crippen molar-refractivity contribution in [2.45, 2.75) is 46.1 Å². The maximum Gasteiger partial charge on any atom is 0.350 e. The number of para-hydroxylation sites is 1. The molecule has 7 nitrogen and oxygen atoms in total. The van der Waals surface area contributed by atoms with E-state index in [-0.39, 0.29) is 17.8 Å². The molecule has 3 aromatic carbocycles. The summed E-state index contributed by atoms with van der Waals surface area (Å²) in [5, 5.41) is 13.7. The summed E-state index contributed by atoms with van der Waals surface area (Å²) in [6.45, 7) is 4.58. The topological polar surface area (TPSA) is 86.4 Å². The number of benzene rings is 3. The van der Waals surface area contributed by atoms with Crippen molar-refractivity contribution in [2.24, 2.45) is 0 Å². The Balaban J connectivity index is 1.47. The van der Waals surface area contributed by atoms with Crippen LogP contribution in [0.3, 0.4) is 0 Å². The molecule has 0 aliphatic rings. The first-order chi connectivity index (χ1) is 17.9. The van der Waals surface area contributed by atoms with Crippen LogP contribution in [0.5, 0.6) is 5.75 Å². The normalized spacial score (nSPS) is 11.0. The van der Waals surface area contributed by atoms with E-state index >= 15 is 0 Å². The number of hydrogen-bond donors (Lipinski definition) is 1. The number of ether oxygens (including phenoxy) is 1. The third kappa shape index (κ3) is 5.97. The molecule has 1 aromatic heterocycles. The summed E-state index contributed by atoms with van der Waals surface area (Å²) < 4.78 is 22.7. The van der Waals surface area contributed by atoms with E-state index in [2.05, 4.69) is 5.10 Å². The molecule has 4 rings (SSSR count). The van der Waals surface area contributed by atoms with Crippen LogP contribution in [0.15, 0.2) is 71.5 Å². The van der Waals surface area contributed by atoms with Gasteiger partial charge in [0.25, 0.3) is 0 Å². The zero-order valence-electron chi connectivity index (χ0n) is 21.0. The van der Waals surface area contributed by atoms with Crippen LogP contribution in [0.1, 0.15) is 37.2 Å². The van der Waals surface area contributed by atoms with Crippen LogP contribution in [0.2, 0.25) is 0 Å². The van der Waals surface area contributed by atoms with E-state index in [1.54, 1.807) is 18.2 Å². The van der Waals surface area contributed by atoms with E-state index in [0.29, 0.717) is 36.7 Å². The minimum atomic E-state index is -0.905. The molecule has 1 heterocycles. The lowest BCUT2D eigenvalue weighted by Gasteiger charge is -2.12. The van der Waals surface area contributed by atoms with E-state index in [1.807, 2.05) is 56.3 Å². The van der Waals surface area contributed by atoms with E-state index in [4.69, 9.17) is 4.74 Å². The minimum absolute atomic E-state index is 0.104. The van der Waals surface area contributed by atoms with Crippen LogP contribution in [-0.2, 0) is 30.6 Å². The van der Waals surface area contributed by atoms with Crippen LogP contribution >= 0.6 is 0 Å². The predicted molar refractivity (Wildman–Crippen MR) is 140 cm³/mol. The average Bonchev–Trinajstić information content (AvgIpc) is 3.20. The number of nitrogens with zero attached hydrogens (tertiary/aromatic N) is 3. The summed E-state index contributed by atoms with van der Waals surface area (Å²) in [6.07, 6.45) is 1.92. The second-order valence-electron chi connectivity index (χ2n) is 8.68. The molecule has 0 unspecified atom stereocenters. The fraction of sp³-hybridized carbons (Fsp3) is 0.276. The number of halogens is 1. The van der Waals surface area contributed by atoms with Gasteiger partial charge in [-0.3, -0.25) is 4.79 Å². The zero-order valence-corrected chi connectivity index (χ0v) is 21.0. The molecule has 37 heavy (non-hydrogen) atoms. The van der Waals surface area contributed by atoms with E-state index in [0.717, 1.165) is 29.5 Å². The highest BCUT2D eigenvalue weighted by Crippen LogP contribution is 2.28. The Morgan fingerprint density at radius 2 is 1.73 bits per heavy atom. The van der Waals surface area contributed by atoms with Crippen molar-refractivity contribution >= 4 is 5.97 Å². The molecule has 0 bridgehead atoms. The lowest BCUT2D eigenvalue weighted by molar-refractivity contribution is -0.136. The van der Waals surface area contributed by atoms with Gasteiger partial charge >= 0.3 is 11.7 Å². The van der Waals surface area contributed by atoms with E-state index in [9.17, 15) is 19.1 Å². The monoisotopic (exact) mass is 503 g/mol. The Labute approximate surface area is 214 Å². The van der Waals surface area contributed by atoms with Gasteiger partial charge in [-0.15, -0.1) is 0 Å². The van der Waals surface area contributed by atoms with Gasteiger partial charge in [-0.1, -0.05) is 42.5 Å². The largest absolute Gasteiger partial charge is 0.494 e. The summed E-state index contributed by atoms with van der Waals surface area (Å²) in [4.78, 5) is 24.1. The van der Waals surface area contributed by atoms with Crippen molar-refractivity contribution in [1.82, 2.24) is 14.3 Å². The van der Waals surface area contributed by atoms with Crippen LogP contribution in [0.4, 0.5) is 4.39 Å². The first-order valence-electron chi connectivity index (χ1n) is 12.4. The molecular formula is C29H30FN3O4. The summed E-state index contributed by atoms with van der Waals surface area (Å²) in [5.41, 5.74) is 3.53. The van der Waals surface area contributed by atoms with Gasteiger partial charge in [-0.05, 0) is 67.6 Å². The molecule has 0 atom stereocenters. The minimum Gasteiger partial charge on any atom is -0.494 e. The summed E-state index contributed by atoms with van der Waals surface area (Å²) in [7, 11) is 0. The van der Waals surface area contributed by atoms with Gasteiger partial charge in [-0.2, -0.15) is 5.10 Å². The lowest BCUT2D eigenvalue weighted by atomic mass is 9.98. The van der Waals surface area contributed by atoms with Crippen molar-refractivity contribution < 1.29 is 19.0 Å². The number of carboxylic acid groups (broad SMARTS) is 1. The summed E-state index contributed by atoms with van der Waals surface area (Å²) in [5.74, 6) is -0.242. The second-order valence-corrected chi connectivity index (χ2v) is 8.68. The maximum atomic E-state index is 14.4. The fourth-order valence-corrected chi connectivity index (χ4v) is 4.37. The predicted octanol–water partition coefficient (Wildman–Crippen LogP) is 5.06. The van der Waals surface area contributed by atoms with Gasteiger partial charge in [0.15, 0.2) is 0 Å². The van der Waals surface area contributed by atoms with Crippen molar-refractivity contribution in [2.75, 3.05) is 6.61 Å². The molecule has 1 N–H and O–H groups in total. The summed E-state index contributed by atoms with van der Waals surface area (Å²) in [6, 6.07) is 19.9. The molecule has 0 amide bonds. The lowest BCUT2D eigenvalue weighted by Crippen LogP contribution is -2.24. The standard InChI is InChI=1S/C29H30FN3O4/c1-3-32-29(36)33(25-10-6-5-9-24(25)30)27(31-32)11-7-8-20-12-14-21(15-13-20)22-16-17-26(37-4-2)23(18-22)19-28(34)35/h5-6,9-10,12-18H,3-4,7-8,11,19H2,1-2H3,(H,34,35). The van der Waals surface area contributed by atoms with Crippen LogP contribution in [-0.4, -0.2) is 32.0 Å². The SMILES string of the molecule is CCOc1ccc(-c2ccc(CCCc3nn(CC)c(=O)n3-c3ccccc3F)cc2)cc1CC(=O)O. The van der Waals surface area contributed by atoms with E-state index < -0.39 is 11.8 Å². The fourth-order valence-electron chi connectivity index (χ4n) is 4.37. The number of carbonyl (C=O) groups is 1. The average molecular weight is 504 g/mol. The zero-order chi connectivity index (χ0) is 26.4. The smallest absolute Gasteiger partial charge is 0.350 e. The quantitative estimate of drug-likeness (QED) is 0.309. The van der Waals surface area contributed by atoms with Gasteiger partial charge in [0, 0.05) is 18.5 Å². The van der Waals surface area contributed by atoms with E-state index in [1.165, 1.54) is 15.3 Å². The first-order valence-corrected chi connectivity index (χ1v) is 12.4. The van der Waals surface area contributed by atoms with Crippen molar-refractivity contribution in [3.05, 3.63) is 100.0 Å². The molecule has 4 aromatic rings. The first kappa shape index (κ1) is 25.9. The molecule has 8 heteroatoms. The molecule has 0 spiro atoms. The second kappa shape index (κ2) is 11.7. The van der Waals surface area contributed by atoms with Crippen molar-refractivity contribution in [3.63, 3.8) is 0 Å². The van der Waals surface area contributed by atoms with Crippen LogP contribution < -0.4 is 10.4 Å². The highest BCUT2D eigenvalue weighted by Gasteiger charge is 2.17. The van der Waals surface area contributed by atoms with Gasteiger partial charge in [-0.25, -0.2) is 18.4 Å². The van der Waals surface area contributed by atoms with Gasteiger partial charge < -0.3 is 9.84 Å². The Kier molecular flexibility index (Phi) is 8.18. The molecule has 0 aliphatic heterocycles. The molecule has 0 aliphatic carbocycles.